The van der Waals surface area contributed by atoms with Crippen LogP contribution in [0.25, 0.3) is 0 Å². The number of nitrogens with two attached hydrogens (primary N) is 1. The highest BCUT2D eigenvalue weighted by Gasteiger charge is 2.62. The molecule has 3 N–H and O–H groups in total. The zero-order valence-corrected chi connectivity index (χ0v) is 11.5. The number of carbonyl (C=O) groups excluding carboxylic acids is 1. The van der Waals surface area contributed by atoms with Gasteiger partial charge in [-0.05, 0) is 74.1 Å². The van der Waals surface area contributed by atoms with E-state index >= 15 is 0 Å². The van der Waals surface area contributed by atoms with Gasteiger partial charge in [-0.1, -0.05) is 0 Å². The Labute approximate surface area is 164 Å². The highest BCUT2D eigenvalue weighted by atomic mass is 16.3. The molecule has 6 aliphatic rings. The Hall–Kier alpha value is -1.12. The standard InChI is InChI=1S/C18H25N3O2/c19-8-13-2-12-3-14(12)21(13)16(22)15(20)17-4-10-1-11(5-17)7-18(23,6-10)9-17/h10-15,23H,1-7,9,20H2/t10?,11?,12-,13+,14+,15+,17?,18?/m1/s1/i1D2,3D2,4D2,5D2,6D2,7D2,9D2,10D,11D,12D,13D,14D,15D. The van der Waals surface area contributed by atoms with Gasteiger partial charge in [-0.15, -0.1) is 0 Å². The number of hydrogen-bond acceptors (Lipinski definition) is 4. The largest absolute Gasteiger partial charge is 0.390 e. The molecule has 1 amide bonds. The van der Waals surface area contributed by atoms with Gasteiger partial charge >= 0.3 is 0 Å². The summed E-state index contributed by atoms with van der Waals surface area (Å²) in [6.45, 7) is 0. The first-order valence-electron chi connectivity index (χ1n) is 16.8. The third kappa shape index (κ3) is 1.88. The Kier molecular flexibility index (Phi) is 0.844. The van der Waals surface area contributed by atoms with Gasteiger partial charge < -0.3 is 15.7 Å². The minimum Gasteiger partial charge on any atom is -0.390 e. The number of piperidine rings is 1. The summed E-state index contributed by atoms with van der Waals surface area (Å²) in [6.07, 6.45) is -31.3. The van der Waals surface area contributed by atoms with E-state index in [-0.39, 0.29) is 4.90 Å². The number of hydrogen-bond donors (Lipinski definition) is 2. The van der Waals surface area contributed by atoms with Crippen molar-refractivity contribution in [1.82, 2.24) is 4.90 Å². The molecule has 0 radical (unpaired) electrons. The Bertz CT molecular complexity index is 1330. The van der Waals surface area contributed by atoms with Crippen molar-refractivity contribution in [3.8, 4) is 6.07 Å². The number of amides is 1. The summed E-state index contributed by atoms with van der Waals surface area (Å²) < 4.78 is 172. The van der Waals surface area contributed by atoms with Gasteiger partial charge in [0, 0.05) is 29.3 Å². The first kappa shape index (κ1) is 4.53. The molecule has 1 heterocycles. The fraction of sp³-hybridized carbons (Fsp3) is 0.889. The minimum absolute atomic E-state index is 0.379. The van der Waals surface area contributed by atoms with Gasteiger partial charge in [0.05, 0.1) is 21.8 Å². The molecule has 1 aliphatic heterocycles. The van der Waals surface area contributed by atoms with Crippen LogP contribution in [-0.4, -0.2) is 39.6 Å². The molecular formula is C18H25N3O2. The van der Waals surface area contributed by atoms with Crippen LogP contribution in [-0.2, 0) is 4.79 Å². The summed E-state index contributed by atoms with van der Waals surface area (Å²) in [5, 5.41) is 21.5. The number of carbonyl (C=O) groups is 1. The van der Waals surface area contributed by atoms with E-state index in [0.717, 1.165) is 0 Å². The average molecular weight is 336 g/mol. The van der Waals surface area contributed by atoms with Crippen LogP contribution in [0.1, 0.15) is 78.4 Å². The fourth-order valence-electron chi connectivity index (χ4n) is 3.12. The van der Waals surface area contributed by atoms with E-state index in [2.05, 4.69) is 0 Å². The third-order valence-corrected chi connectivity index (χ3v) is 4.15. The lowest BCUT2D eigenvalue weighted by Gasteiger charge is -2.61. The quantitative estimate of drug-likeness (QED) is 0.792. The summed E-state index contributed by atoms with van der Waals surface area (Å²) in [7, 11) is 0. The van der Waals surface area contributed by atoms with Crippen molar-refractivity contribution >= 4 is 5.91 Å². The molecule has 5 nitrogen and oxygen atoms in total. The maximum absolute atomic E-state index is 14.3. The molecule has 5 saturated carbocycles. The molecule has 23 heavy (non-hydrogen) atoms. The summed E-state index contributed by atoms with van der Waals surface area (Å²) in [6, 6.07) is -9.69. The van der Waals surface area contributed by atoms with Gasteiger partial charge in [0.25, 0.3) is 0 Å². The topological polar surface area (TPSA) is 90.3 Å². The first-order valence-corrected chi connectivity index (χ1v) is 6.82. The van der Waals surface area contributed by atoms with Crippen molar-refractivity contribution in [3.05, 3.63) is 0 Å². The Morgan fingerprint density at radius 2 is 2.13 bits per heavy atom. The molecule has 124 valence electrons. The number of rotatable bonds is 2. The highest BCUT2D eigenvalue weighted by Crippen LogP contribution is 2.63. The Morgan fingerprint density at radius 3 is 2.78 bits per heavy atom. The van der Waals surface area contributed by atoms with Gasteiger partial charge in [-0.2, -0.15) is 5.26 Å². The van der Waals surface area contributed by atoms with Crippen LogP contribution in [0.5, 0.6) is 0 Å². The van der Waals surface area contributed by atoms with E-state index in [9.17, 15) is 15.2 Å². The second-order valence-electron chi connectivity index (χ2n) is 5.70. The molecule has 2 unspecified atom stereocenters. The summed E-state index contributed by atoms with van der Waals surface area (Å²) in [5.41, 5.74) is -3.26. The Balaban J connectivity index is 1.96. The molecule has 6 atom stereocenters. The van der Waals surface area contributed by atoms with Gasteiger partial charge in [0.2, 0.25) is 5.91 Å². The number of nitrogens with zero attached hydrogens (tertiary/aromatic N) is 2. The molecule has 5 heteroatoms. The smallest absolute Gasteiger partial charge is 0.241 e. The van der Waals surface area contributed by atoms with Crippen LogP contribution >= 0.6 is 0 Å². The highest BCUT2D eigenvalue weighted by molar-refractivity contribution is 5.84. The van der Waals surface area contributed by atoms with Crippen LogP contribution < -0.4 is 5.73 Å². The normalized spacial score (nSPS) is 99.3. The maximum Gasteiger partial charge on any atom is 0.241 e. The van der Waals surface area contributed by atoms with Crippen molar-refractivity contribution in [2.75, 3.05) is 0 Å². The fourth-order valence-corrected chi connectivity index (χ4v) is 3.12. The van der Waals surface area contributed by atoms with Crippen molar-refractivity contribution in [2.24, 2.45) is 28.8 Å². The van der Waals surface area contributed by atoms with Crippen molar-refractivity contribution in [2.45, 2.75) is 74.7 Å². The van der Waals surface area contributed by atoms with Crippen molar-refractivity contribution < 1.29 is 37.3 Å². The molecule has 1 saturated heterocycles. The molecule has 0 spiro atoms. The third-order valence-electron chi connectivity index (χ3n) is 4.15. The van der Waals surface area contributed by atoms with Gasteiger partial charge in [0.1, 0.15) is 6.02 Å². The van der Waals surface area contributed by atoms with E-state index in [1.54, 1.807) is 0 Å². The van der Waals surface area contributed by atoms with Crippen molar-refractivity contribution in [3.63, 3.8) is 0 Å². The molecular weight excluding hydrogens is 290 g/mol. The van der Waals surface area contributed by atoms with Crippen LogP contribution in [0.2, 0.25) is 0 Å². The number of likely N-dealkylation sites (tertiary alicyclic amines) is 1. The van der Waals surface area contributed by atoms with Crippen LogP contribution in [0.4, 0.5) is 0 Å². The van der Waals surface area contributed by atoms with Crippen LogP contribution in [0.3, 0.4) is 0 Å². The van der Waals surface area contributed by atoms with E-state index in [1.807, 2.05) is 0 Å². The average Bonchev–Trinajstić information content (AvgIpc) is 3.03. The zero-order chi connectivity index (χ0) is 34.1. The first-order chi connectivity index (χ1) is 18.5. The predicted octanol–water partition coefficient (Wildman–Crippen LogP) is 1.16. The van der Waals surface area contributed by atoms with Crippen LogP contribution in [0, 0.1) is 34.4 Å². The second-order valence-corrected chi connectivity index (χ2v) is 5.70. The second kappa shape index (κ2) is 4.29. The lowest BCUT2D eigenvalue weighted by Crippen LogP contribution is -2.64. The molecule has 0 aromatic heterocycles. The number of fused-ring (bicyclic) bond motifs is 1. The molecule has 0 aromatic carbocycles. The van der Waals surface area contributed by atoms with Crippen molar-refractivity contribution in [1.29, 1.82) is 5.26 Å². The lowest BCUT2D eigenvalue weighted by molar-refractivity contribution is -0.177. The monoisotopic (exact) mass is 335 g/mol. The summed E-state index contributed by atoms with van der Waals surface area (Å²) in [4.78, 5) is 13.9. The molecule has 5 aliphatic carbocycles. The molecule has 0 aromatic rings. The van der Waals surface area contributed by atoms with Crippen LogP contribution in [0.15, 0.2) is 0 Å². The molecule has 6 rings (SSSR count). The van der Waals surface area contributed by atoms with E-state index in [1.165, 1.54) is 6.07 Å². The van der Waals surface area contributed by atoms with E-state index < -0.39 is 104 Å². The lowest BCUT2D eigenvalue weighted by atomic mass is 9.46. The van der Waals surface area contributed by atoms with Gasteiger partial charge in [-0.25, -0.2) is 0 Å². The molecule has 6 fully saturated rings. The predicted molar refractivity (Wildman–Crippen MR) is 82.8 cm³/mol. The summed E-state index contributed by atoms with van der Waals surface area (Å²) >= 11 is 0. The summed E-state index contributed by atoms with van der Waals surface area (Å²) in [5.74, 6) is -14.0. The number of aliphatic hydroxyl groups is 1. The Morgan fingerprint density at radius 1 is 1.43 bits per heavy atom. The van der Waals surface area contributed by atoms with E-state index in [0.29, 0.717) is 0 Å². The van der Waals surface area contributed by atoms with E-state index in [4.69, 9.17) is 33.1 Å². The maximum atomic E-state index is 14.3. The SMILES string of the molecule is [2H]C1([2H])C2([2H])C([2H])([2H])C3(O)C([2H])([2H])C1([2H])C([2H])([2H])C([C@@]([2H])(N)C(=O)N1[C@@]4([2H])C([2H])([2H])[C@@]4([2H])C[C@@]1([2H])C#N)(C2([2H])[2H])C3([2H])[2H]. The zero-order valence-electron chi connectivity index (χ0n) is 31.5. The van der Waals surface area contributed by atoms with Gasteiger partial charge in [0.15, 0.2) is 0 Å². The number of nitriles is 1. The minimum atomic E-state index is -4.67. The van der Waals surface area contributed by atoms with Gasteiger partial charge in [-0.3, -0.25) is 4.79 Å². The molecule has 4 bridgehead atoms.